The third-order valence-electron chi connectivity index (χ3n) is 2.40. The number of hydrogen-bond donors (Lipinski definition) is 1. The van der Waals surface area contributed by atoms with Crippen LogP contribution in [-0.4, -0.2) is 23.9 Å². The Morgan fingerprint density at radius 3 is 3.07 bits per heavy atom. The molecule has 0 spiro atoms. The number of imidazole rings is 2. The van der Waals surface area contributed by atoms with E-state index in [1.165, 1.54) is 4.40 Å². The second-order valence-electron chi connectivity index (χ2n) is 3.58. The fraction of sp³-hybridized carbons (Fsp3) is 0.222. The van der Waals surface area contributed by atoms with Crippen molar-refractivity contribution in [1.82, 2.24) is 23.9 Å². The van der Waals surface area contributed by atoms with E-state index in [1.54, 1.807) is 17.1 Å². The van der Waals surface area contributed by atoms with Crippen molar-refractivity contribution in [3.05, 3.63) is 28.6 Å². The maximum absolute atomic E-state index is 11.9. The van der Waals surface area contributed by atoms with Crippen LogP contribution >= 0.6 is 0 Å². The predicted molar refractivity (Wildman–Crippen MR) is 54.8 cm³/mol. The third kappa shape index (κ3) is 0.955. The molecule has 15 heavy (non-hydrogen) atoms. The monoisotopic (exact) mass is 203 g/mol. The first kappa shape index (κ1) is 8.22. The summed E-state index contributed by atoms with van der Waals surface area (Å²) < 4.78 is 3.21. The van der Waals surface area contributed by atoms with E-state index in [9.17, 15) is 4.79 Å². The molecule has 0 fully saturated rings. The van der Waals surface area contributed by atoms with Gasteiger partial charge in [0.2, 0.25) is 5.78 Å². The van der Waals surface area contributed by atoms with Gasteiger partial charge in [-0.05, 0) is 6.92 Å². The number of aromatic nitrogens is 5. The number of hydrogen-bond acceptors (Lipinski definition) is 3. The second-order valence-corrected chi connectivity index (χ2v) is 3.58. The van der Waals surface area contributed by atoms with Gasteiger partial charge in [-0.2, -0.15) is 4.98 Å². The minimum Gasteiger partial charge on any atom is -0.328 e. The molecule has 6 heteroatoms. The molecule has 6 nitrogen and oxygen atoms in total. The van der Waals surface area contributed by atoms with Gasteiger partial charge < -0.3 is 9.55 Å². The van der Waals surface area contributed by atoms with Crippen molar-refractivity contribution >= 4 is 16.9 Å². The Hall–Kier alpha value is -2.11. The van der Waals surface area contributed by atoms with Crippen molar-refractivity contribution < 1.29 is 0 Å². The average molecular weight is 203 g/mol. The van der Waals surface area contributed by atoms with Crippen LogP contribution in [0.25, 0.3) is 16.9 Å². The molecule has 0 atom stereocenters. The van der Waals surface area contributed by atoms with Crippen LogP contribution in [0.3, 0.4) is 0 Å². The summed E-state index contributed by atoms with van der Waals surface area (Å²) in [6, 6.07) is 0. The topological polar surface area (TPSA) is 68.0 Å². The average Bonchev–Trinajstić information content (AvgIpc) is 2.72. The molecule has 0 saturated heterocycles. The SMILES string of the molecule is Cc1cn2c(=O)c3ncn(C)c3nc2[nH]1. The summed E-state index contributed by atoms with van der Waals surface area (Å²) in [5, 5.41) is 0. The fourth-order valence-electron chi connectivity index (χ4n) is 1.68. The zero-order chi connectivity index (χ0) is 10.6. The van der Waals surface area contributed by atoms with Crippen molar-refractivity contribution in [3.63, 3.8) is 0 Å². The zero-order valence-electron chi connectivity index (χ0n) is 8.35. The summed E-state index contributed by atoms with van der Waals surface area (Å²) in [5.41, 5.74) is 1.76. The predicted octanol–water partition coefficient (Wildman–Crippen LogP) is 0.218. The van der Waals surface area contributed by atoms with Crippen LogP contribution < -0.4 is 5.56 Å². The summed E-state index contributed by atoms with van der Waals surface area (Å²) in [5.74, 6) is 0.550. The molecule has 0 unspecified atom stereocenters. The molecule has 3 aromatic rings. The van der Waals surface area contributed by atoms with E-state index in [0.29, 0.717) is 16.9 Å². The molecule has 0 aromatic carbocycles. The van der Waals surface area contributed by atoms with Gasteiger partial charge >= 0.3 is 0 Å². The van der Waals surface area contributed by atoms with Crippen LogP contribution in [-0.2, 0) is 7.05 Å². The normalized spacial score (nSPS) is 11.6. The lowest BCUT2D eigenvalue weighted by Gasteiger charge is -1.94. The number of nitrogens with zero attached hydrogens (tertiary/aromatic N) is 4. The molecule has 3 rings (SSSR count). The number of H-pyrrole nitrogens is 1. The fourth-order valence-corrected chi connectivity index (χ4v) is 1.68. The third-order valence-corrected chi connectivity index (χ3v) is 2.40. The van der Waals surface area contributed by atoms with Crippen molar-refractivity contribution in [1.29, 1.82) is 0 Å². The first-order chi connectivity index (χ1) is 7.16. The number of nitrogens with one attached hydrogen (secondary N) is 1. The van der Waals surface area contributed by atoms with Crippen LogP contribution in [0.1, 0.15) is 5.69 Å². The van der Waals surface area contributed by atoms with Gasteiger partial charge in [-0.1, -0.05) is 0 Å². The number of aryl methyl sites for hydroxylation is 2. The van der Waals surface area contributed by atoms with Crippen molar-refractivity contribution in [2.75, 3.05) is 0 Å². The quantitative estimate of drug-likeness (QED) is 0.568. The summed E-state index contributed by atoms with van der Waals surface area (Å²) in [6.07, 6.45) is 3.31. The smallest absolute Gasteiger partial charge is 0.287 e. The Morgan fingerprint density at radius 2 is 2.27 bits per heavy atom. The highest BCUT2D eigenvalue weighted by Crippen LogP contribution is 2.06. The molecular weight excluding hydrogens is 194 g/mol. The van der Waals surface area contributed by atoms with E-state index in [4.69, 9.17) is 0 Å². The summed E-state index contributed by atoms with van der Waals surface area (Å²) >= 11 is 0. The minimum absolute atomic E-state index is 0.139. The molecule has 3 aromatic heterocycles. The van der Waals surface area contributed by atoms with E-state index < -0.39 is 0 Å². The highest BCUT2D eigenvalue weighted by atomic mass is 16.1. The molecule has 0 aliphatic heterocycles. The Kier molecular flexibility index (Phi) is 1.35. The number of fused-ring (bicyclic) bond motifs is 2. The lowest BCUT2D eigenvalue weighted by Crippen LogP contribution is -2.13. The summed E-state index contributed by atoms with van der Waals surface area (Å²) in [6.45, 7) is 1.88. The van der Waals surface area contributed by atoms with E-state index in [0.717, 1.165) is 5.69 Å². The van der Waals surface area contributed by atoms with Crippen LogP contribution in [0, 0.1) is 6.92 Å². The van der Waals surface area contributed by atoms with Crippen molar-refractivity contribution in [3.8, 4) is 0 Å². The number of aromatic amines is 1. The first-order valence-electron chi connectivity index (χ1n) is 4.56. The number of rotatable bonds is 0. The van der Waals surface area contributed by atoms with Gasteiger partial charge in [0.25, 0.3) is 5.56 Å². The Labute approximate surface area is 84.2 Å². The Balaban J connectivity index is 2.66. The first-order valence-corrected chi connectivity index (χ1v) is 4.56. The standard InChI is InChI=1S/C9H9N5O/c1-5-3-14-8(15)6-7(12-9(14)11-5)13(2)4-10-6/h3-4H,1-2H3,(H,11,12). The molecule has 0 bridgehead atoms. The maximum Gasteiger partial charge on any atom is 0.287 e. The van der Waals surface area contributed by atoms with Gasteiger partial charge in [0.05, 0.1) is 6.33 Å². The highest BCUT2D eigenvalue weighted by Gasteiger charge is 2.10. The largest absolute Gasteiger partial charge is 0.328 e. The van der Waals surface area contributed by atoms with Crippen molar-refractivity contribution in [2.45, 2.75) is 6.92 Å². The van der Waals surface area contributed by atoms with E-state index in [-0.39, 0.29) is 5.56 Å². The highest BCUT2D eigenvalue weighted by molar-refractivity contribution is 5.71. The van der Waals surface area contributed by atoms with Crippen molar-refractivity contribution in [2.24, 2.45) is 7.05 Å². The maximum atomic E-state index is 11.9. The zero-order valence-corrected chi connectivity index (χ0v) is 8.35. The molecule has 3 heterocycles. The van der Waals surface area contributed by atoms with E-state index in [1.807, 2.05) is 14.0 Å². The van der Waals surface area contributed by atoms with Crippen LogP contribution in [0.5, 0.6) is 0 Å². The summed E-state index contributed by atoms with van der Waals surface area (Å²) in [7, 11) is 1.81. The summed E-state index contributed by atoms with van der Waals surface area (Å²) in [4.78, 5) is 23.3. The molecule has 1 N–H and O–H groups in total. The van der Waals surface area contributed by atoms with Crippen LogP contribution in [0.4, 0.5) is 0 Å². The molecule has 76 valence electrons. The Bertz CT molecular complexity index is 710. The molecular formula is C9H9N5O. The molecule has 0 aliphatic carbocycles. The lowest BCUT2D eigenvalue weighted by atomic mass is 10.5. The molecule has 0 aliphatic rings. The Morgan fingerprint density at radius 1 is 1.47 bits per heavy atom. The lowest BCUT2D eigenvalue weighted by molar-refractivity contribution is 0.928. The molecule has 0 amide bonds. The van der Waals surface area contributed by atoms with Gasteiger partial charge in [0, 0.05) is 18.9 Å². The van der Waals surface area contributed by atoms with Gasteiger partial charge in [0.15, 0.2) is 11.2 Å². The minimum atomic E-state index is -0.139. The van der Waals surface area contributed by atoms with Crippen LogP contribution in [0.2, 0.25) is 0 Å². The van der Waals surface area contributed by atoms with Gasteiger partial charge in [0.1, 0.15) is 0 Å². The van der Waals surface area contributed by atoms with Gasteiger partial charge in [-0.25, -0.2) is 9.38 Å². The molecule has 0 radical (unpaired) electrons. The van der Waals surface area contributed by atoms with Crippen LogP contribution in [0.15, 0.2) is 17.3 Å². The van der Waals surface area contributed by atoms with Gasteiger partial charge in [-0.15, -0.1) is 0 Å². The molecule has 0 saturated carbocycles. The van der Waals surface area contributed by atoms with E-state index >= 15 is 0 Å². The van der Waals surface area contributed by atoms with Gasteiger partial charge in [-0.3, -0.25) is 4.79 Å². The van der Waals surface area contributed by atoms with E-state index in [2.05, 4.69) is 15.0 Å². The second kappa shape index (κ2) is 2.47.